The second kappa shape index (κ2) is 11.7. The molecule has 0 radical (unpaired) electrons. The first-order valence-electron chi connectivity index (χ1n) is 13.2. The summed E-state index contributed by atoms with van der Waals surface area (Å²) in [6, 6.07) is 22.4. The fourth-order valence-corrected chi connectivity index (χ4v) is 6.07. The summed E-state index contributed by atoms with van der Waals surface area (Å²) < 4.78 is 11.0. The summed E-state index contributed by atoms with van der Waals surface area (Å²) in [5.74, 6) is -0.484. The number of allylic oxidation sites excluding steroid dienone is 1. The van der Waals surface area contributed by atoms with Crippen molar-refractivity contribution >= 4 is 34.4 Å². The Labute approximate surface area is 229 Å². The number of carbonyl (C=O) groups is 1. The van der Waals surface area contributed by atoms with E-state index < -0.39 is 5.97 Å². The zero-order chi connectivity index (χ0) is 26.6. The van der Waals surface area contributed by atoms with E-state index in [1.807, 2.05) is 24.3 Å². The van der Waals surface area contributed by atoms with Crippen LogP contribution in [-0.2, 0) is 15.9 Å². The quantitative estimate of drug-likeness (QED) is 0.327. The van der Waals surface area contributed by atoms with Crippen LogP contribution in [0.25, 0.3) is 11.1 Å². The summed E-state index contributed by atoms with van der Waals surface area (Å²) in [5.41, 5.74) is 8.46. The predicted molar refractivity (Wildman–Crippen MR) is 153 cm³/mol. The molecular weight excluding hydrogens is 498 g/mol. The van der Waals surface area contributed by atoms with E-state index in [0.29, 0.717) is 16.5 Å². The van der Waals surface area contributed by atoms with Gasteiger partial charge in [-0.05, 0) is 102 Å². The zero-order valence-corrected chi connectivity index (χ0v) is 22.7. The van der Waals surface area contributed by atoms with Gasteiger partial charge < -0.3 is 19.5 Å². The maximum Gasteiger partial charge on any atom is 0.335 e. The Morgan fingerprint density at radius 2 is 1.58 bits per heavy atom. The average Bonchev–Trinajstić information content (AvgIpc) is 3.14. The molecule has 1 heterocycles. The lowest BCUT2D eigenvalue weighted by Crippen LogP contribution is -2.39. The molecule has 3 aromatic carbocycles. The number of anilines is 1. The summed E-state index contributed by atoms with van der Waals surface area (Å²) in [6.07, 6.45) is 4.61. The normalized spacial score (nSPS) is 16.5. The van der Waals surface area contributed by atoms with Crippen LogP contribution in [0.2, 0.25) is 5.02 Å². The molecule has 0 atom stereocenters. The summed E-state index contributed by atoms with van der Waals surface area (Å²) in [7, 11) is 3.42. The highest BCUT2D eigenvalue weighted by atomic mass is 35.5. The number of aromatic carboxylic acids is 1. The molecule has 1 aliphatic carbocycles. The van der Waals surface area contributed by atoms with Crippen LogP contribution >= 0.6 is 11.6 Å². The van der Waals surface area contributed by atoms with Crippen molar-refractivity contribution in [2.24, 2.45) is 5.92 Å². The molecule has 1 N–H and O–H groups in total. The Balaban J connectivity index is 1.50. The van der Waals surface area contributed by atoms with E-state index in [9.17, 15) is 9.90 Å². The highest BCUT2D eigenvalue weighted by Crippen LogP contribution is 2.41. The Morgan fingerprint density at radius 3 is 2.21 bits per heavy atom. The van der Waals surface area contributed by atoms with Crippen molar-refractivity contribution in [3.05, 3.63) is 99.6 Å². The Kier molecular flexibility index (Phi) is 8.18. The van der Waals surface area contributed by atoms with Gasteiger partial charge in [-0.3, -0.25) is 0 Å². The minimum Gasteiger partial charge on any atom is -0.478 e. The summed E-state index contributed by atoms with van der Waals surface area (Å²) >= 11 is 6.21. The van der Waals surface area contributed by atoms with Gasteiger partial charge in [0, 0.05) is 43.9 Å². The topological polar surface area (TPSA) is 59.0 Å². The number of piperidine rings is 1. The lowest BCUT2D eigenvalue weighted by molar-refractivity contribution is -0.141. The van der Waals surface area contributed by atoms with Gasteiger partial charge in [-0.1, -0.05) is 41.9 Å². The number of hydrogen-bond donors (Lipinski definition) is 1. The molecule has 1 aliphatic heterocycles. The van der Waals surface area contributed by atoms with Crippen LogP contribution in [-0.4, -0.2) is 44.7 Å². The predicted octanol–water partition coefficient (Wildman–Crippen LogP) is 7.17. The van der Waals surface area contributed by atoms with Crippen molar-refractivity contribution in [2.45, 2.75) is 38.4 Å². The van der Waals surface area contributed by atoms with Gasteiger partial charge in [-0.15, -0.1) is 0 Å². The molecule has 0 aromatic heterocycles. The molecule has 0 spiro atoms. The average molecular weight is 532 g/mol. The lowest BCUT2D eigenvalue weighted by atomic mass is 9.87. The molecule has 198 valence electrons. The van der Waals surface area contributed by atoms with Crippen molar-refractivity contribution in [3.8, 4) is 0 Å². The molecule has 3 aromatic rings. The third kappa shape index (κ3) is 5.51. The molecule has 6 heteroatoms. The molecule has 0 bridgehead atoms. The van der Waals surface area contributed by atoms with Crippen LogP contribution in [0, 0.1) is 5.92 Å². The molecule has 38 heavy (non-hydrogen) atoms. The second-order valence-electron chi connectivity index (χ2n) is 10.1. The van der Waals surface area contributed by atoms with Gasteiger partial charge in [-0.25, -0.2) is 4.79 Å². The van der Waals surface area contributed by atoms with E-state index in [2.05, 4.69) is 41.3 Å². The van der Waals surface area contributed by atoms with E-state index in [1.54, 1.807) is 20.3 Å². The molecule has 0 amide bonds. The van der Waals surface area contributed by atoms with E-state index in [-0.39, 0.29) is 6.29 Å². The van der Waals surface area contributed by atoms with E-state index in [4.69, 9.17) is 21.1 Å². The third-order valence-corrected chi connectivity index (χ3v) is 8.15. The van der Waals surface area contributed by atoms with Crippen molar-refractivity contribution in [3.63, 3.8) is 0 Å². The minimum absolute atomic E-state index is 0.144. The summed E-state index contributed by atoms with van der Waals surface area (Å²) in [6.45, 7) is 1.93. The molecule has 0 saturated carbocycles. The number of carboxylic acids is 1. The van der Waals surface area contributed by atoms with Crippen LogP contribution in [0.15, 0.2) is 66.7 Å². The van der Waals surface area contributed by atoms with Gasteiger partial charge in [0.15, 0.2) is 6.29 Å². The van der Waals surface area contributed by atoms with E-state index in [0.717, 1.165) is 67.4 Å². The van der Waals surface area contributed by atoms with Crippen molar-refractivity contribution in [1.29, 1.82) is 0 Å². The zero-order valence-electron chi connectivity index (χ0n) is 22.0. The first-order chi connectivity index (χ1) is 18.5. The molecule has 0 unspecified atom stereocenters. The number of hydrogen-bond acceptors (Lipinski definition) is 4. The van der Waals surface area contributed by atoms with Gasteiger partial charge in [-0.2, -0.15) is 0 Å². The van der Waals surface area contributed by atoms with Crippen LogP contribution in [0.4, 0.5) is 5.69 Å². The number of fused-ring (bicyclic) bond motifs is 1. The monoisotopic (exact) mass is 531 g/mol. The molecule has 2 aliphatic rings. The first kappa shape index (κ1) is 26.5. The Bertz CT molecular complexity index is 1300. The second-order valence-corrected chi connectivity index (χ2v) is 10.5. The SMILES string of the molecule is COC(OC)C1CCN(c2ccc(C3=C(c4ccc(Cl)cc4)CCCc4cc(C(=O)O)ccc43)cc2)CC1. The lowest BCUT2D eigenvalue weighted by Gasteiger charge is -2.36. The standard InChI is InChI=1S/C32H34ClNO4/c1-37-32(38-2)23-16-18-34(19-17-23)27-13-8-22(9-14-27)30-28(21-6-11-26(33)12-7-21)5-3-4-24-20-25(31(35)36)10-15-29(24)30/h6-15,20,23,32H,3-5,16-19H2,1-2H3,(H,35,36). The highest BCUT2D eigenvalue weighted by molar-refractivity contribution is 6.30. The number of aryl methyl sites for hydroxylation is 1. The molecular formula is C32H34ClNO4. The Hall–Kier alpha value is -3.12. The van der Waals surface area contributed by atoms with Crippen molar-refractivity contribution in [1.82, 2.24) is 0 Å². The van der Waals surface area contributed by atoms with E-state index in [1.165, 1.54) is 16.8 Å². The third-order valence-electron chi connectivity index (χ3n) is 7.90. The van der Waals surface area contributed by atoms with Gasteiger partial charge in [0.05, 0.1) is 5.56 Å². The first-order valence-corrected chi connectivity index (χ1v) is 13.6. The summed E-state index contributed by atoms with van der Waals surface area (Å²) in [5, 5.41) is 10.3. The smallest absolute Gasteiger partial charge is 0.335 e. The molecule has 1 fully saturated rings. The van der Waals surface area contributed by atoms with Gasteiger partial charge in [0.2, 0.25) is 0 Å². The highest BCUT2D eigenvalue weighted by Gasteiger charge is 2.27. The molecule has 5 rings (SSSR count). The van der Waals surface area contributed by atoms with Crippen LogP contribution in [0.1, 0.15) is 58.3 Å². The Morgan fingerprint density at radius 1 is 0.921 bits per heavy atom. The fraction of sp³-hybridized carbons (Fsp3) is 0.344. The fourth-order valence-electron chi connectivity index (χ4n) is 5.94. The van der Waals surface area contributed by atoms with Crippen LogP contribution < -0.4 is 4.90 Å². The number of nitrogens with zero attached hydrogens (tertiary/aromatic N) is 1. The number of ether oxygens (including phenoxy) is 2. The van der Waals surface area contributed by atoms with Crippen molar-refractivity contribution in [2.75, 3.05) is 32.2 Å². The maximum absolute atomic E-state index is 11.7. The van der Waals surface area contributed by atoms with Crippen molar-refractivity contribution < 1.29 is 19.4 Å². The largest absolute Gasteiger partial charge is 0.478 e. The molecule has 1 saturated heterocycles. The van der Waals surface area contributed by atoms with Gasteiger partial charge in [0.25, 0.3) is 0 Å². The van der Waals surface area contributed by atoms with Crippen LogP contribution in [0.5, 0.6) is 0 Å². The maximum atomic E-state index is 11.7. The number of rotatable bonds is 7. The number of carboxylic acid groups (broad SMARTS) is 1. The van der Waals surface area contributed by atoms with Gasteiger partial charge >= 0.3 is 5.97 Å². The number of methoxy groups -OCH3 is 2. The van der Waals surface area contributed by atoms with E-state index >= 15 is 0 Å². The number of benzene rings is 3. The minimum atomic E-state index is -0.893. The van der Waals surface area contributed by atoms with Crippen LogP contribution in [0.3, 0.4) is 0 Å². The number of halogens is 1. The summed E-state index contributed by atoms with van der Waals surface area (Å²) in [4.78, 5) is 14.1. The van der Waals surface area contributed by atoms with Gasteiger partial charge in [0.1, 0.15) is 0 Å². The molecule has 5 nitrogen and oxygen atoms in total.